The number of benzene rings is 2. The molecule has 0 aliphatic heterocycles. The predicted octanol–water partition coefficient (Wildman–Crippen LogP) is 4.34. The Balaban J connectivity index is 1.79. The van der Waals surface area contributed by atoms with E-state index in [9.17, 15) is 18.4 Å². The largest absolute Gasteiger partial charge is 0.452 e. The zero-order chi connectivity index (χ0) is 21.4. The molecular formula is C22H23F2NO4. The van der Waals surface area contributed by atoms with Gasteiger partial charge >= 0.3 is 12.6 Å². The van der Waals surface area contributed by atoms with Gasteiger partial charge < -0.3 is 14.8 Å². The number of halogens is 2. The Morgan fingerprint density at radius 2 is 1.76 bits per heavy atom. The van der Waals surface area contributed by atoms with Crippen LogP contribution in [0.15, 0.2) is 48.5 Å². The van der Waals surface area contributed by atoms with E-state index >= 15 is 0 Å². The number of amides is 1. The van der Waals surface area contributed by atoms with Crippen LogP contribution in [0, 0.1) is 13.8 Å². The minimum Gasteiger partial charge on any atom is -0.452 e. The molecule has 0 fully saturated rings. The summed E-state index contributed by atoms with van der Waals surface area (Å²) < 4.78 is 33.4. The molecule has 5 nitrogen and oxygen atoms in total. The van der Waals surface area contributed by atoms with Crippen LogP contribution in [0.1, 0.15) is 35.2 Å². The molecule has 0 bridgehead atoms. The van der Waals surface area contributed by atoms with E-state index in [4.69, 9.17) is 4.74 Å². The lowest BCUT2D eigenvalue weighted by molar-refractivity contribution is -0.144. The normalized spacial score (nSPS) is 12.1. The van der Waals surface area contributed by atoms with Crippen molar-refractivity contribution in [3.05, 3.63) is 70.8 Å². The van der Waals surface area contributed by atoms with Crippen molar-refractivity contribution in [3.63, 3.8) is 0 Å². The second kappa shape index (κ2) is 10.4. The summed E-state index contributed by atoms with van der Waals surface area (Å²) in [5.41, 5.74) is 3.86. The van der Waals surface area contributed by atoms with Crippen LogP contribution in [0.4, 0.5) is 8.78 Å². The van der Waals surface area contributed by atoms with Gasteiger partial charge in [-0.1, -0.05) is 30.3 Å². The summed E-state index contributed by atoms with van der Waals surface area (Å²) in [5, 5.41) is 2.78. The van der Waals surface area contributed by atoms with Crippen LogP contribution >= 0.6 is 0 Å². The first-order chi connectivity index (χ1) is 13.7. The fourth-order valence-corrected chi connectivity index (χ4v) is 2.51. The van der Waals surface area contributed by atoms with Crippen molar-refractivity contribution in [2.45, 2.75) is 33.4 Å². The molecule has 2 aromatic rings. The van der Waals surface area contributed by atoms with Crippen LogP contribution in [-0.4, -0.2) is 25.1 Å². The summed E-state index contributed by atoms with van der Waals surface area (Å²) in [6, 6.07) is 11.5. The van der Waals surface area contributed by atoms with E-state index < -0.39 is 25.1 Å². The maximum absolute atomic E-state index is 12.1. The minimum atomic E-state index is -2.89. The average molecular weight is 403 g/mol. The van der Waals surface area contributed by atoms with Gasteiger partial charge in [-0.2, -0.15) is 8.78 Å². The lowest BCUT2D eigenvalue weighted by atomic mass is 10.0. The summed E-state index contributed by atoms with van der Waals surface area (Å²) in [5.74, 6) is -1.08. The fraction of sp³-hybridized carbons (Fsp3) is 0.273. The van der Waals surface area contributed by atoms with Gasteiger partial charge in [0, 0.05) is 6.08 Å². The van der Waals surface area contributed by atoms with Crippen LogP contribution in [0.25, 0.3) is 6.08 Å². The first-order valence-corrected chi connectivity index (χ1v) is 9.01. The zero-order valence-electron chi connectivity index (χ0n) is 16.4. The number of hydrogen-bond acceptors (Lipinski definition) is 4. The predicted molar refractivity (Wildman–Crippen MR) is 106 cm³/mol. The number of ether oxygens (including phenoxy) is 2. The van der Waals surface area contributed by atoms with Crippen LogP contribution in [0.3, 0.4) is 0 Å². The van der Waals surface area contributed by atoms with Gasteiger partial charge in [0.05, 0.1) is 6.04 Å². The van der Waals surface area contributed by atoms with Crippen LogP contribution in [-0.2, 0) is 14.3 Å². The molecule has 0 aliphatic carbocycles. The van der Waals surface area contributed by atoms with Gasteiger partial charge in [-0.3, -0.25) is 4.79 Å². The lowest BCUT2D eigenvalue weighted by Crippen LogP contribution is -2.31. The molecule has 154 valence electrons. The molecule has 0 saturated heterocycles. The number of esters is 1. The topological polar surface area (TPSA) is 64.6 Å². The maximum atomic E-state index is 12.1. The van der Waals surface area contributed by atoms with E-state index in [2.05, 4.69) is 10.1 Å². The third kappa shape index (κ3) is 7.37. The number of carbonyl (C=O) groups excluding carboxylic acids is 2. The molecule has 1 atom stereocenters. The zero-order valence-corrected chi connectivity index (χ0v) is 16.4. The molecule has 0 aromatic heterocycles. The molecule has 2 rings (SSSR count). The lowest BCUT2D eigenvalue weighted by Gasteiger charge is -2.15. The first-order valence-electron chi connectivity index (χ1n) is 9.01. The second-order valence-corrected chi connectivity index (χ2v) is 6.52. The van der Waals surface area contributed by atoms with Gasteiger partial charge in [0.2, 0.25) is 0 Å². The van der Waals surface area contributed by atoms with Gasteiger partial charge in [0.15, 0.2) is 6.61 Å². The van der Waals surface area contributed by atoms with Gasteiger partial charge in [0.25, 0.3) is 5.91 Å². The van der Waals surface area contributed by atoms with E-state index in [0.717, 1.165) is 17.2 Å². The number of rotatable bonds is 8. The molecule has 0 unspecified atom stereocenters. The maximum Gasteiger partial charge on any atom is 0.387 e. The number of aryl methyl sites for hydroxylation is 2. The molecule has 0 saturated carbocycles. The monoisotopic (exact) mass is 403 g/mol. The Labute approximate surface area is 168 Å². The van der Waals surface area contributed by atoms with Gasteiger partial charge in [-0.15, -0.1) is 0 Å². The minimum absolute atomic E-state index is 0.0225. The Morgan fingerprint density at radius 3 is 2.38 bits per heavy atom. The number of hydrogen-bond donors (Lipinski definition) is 1. The summed E-state index contributed by atoms with van der Waals surface area (Å²) in [7, 11) is 0. The van der Waals surface area contributed by atoms with Crippen molar-refractivity contribution >= 4 is 18.0 Å². The van der Waals surface area contributed by atoms with Gasteiger partial charge in [0.1, 0.15) is 5.75 Å². The van der Waals surface area contributed by atoms with Crippen molar-refractivity contribution in [2.75, 3.05) is 6.61 Å². The Hall–Kier alpha value is -3.22. The fourth-order valence-electron chi connectivity index (χ4n) is 2.51. The average Bonchev–Trinajstić information content (AvgIpc) is 2.67. The van der Waals surface area contributed by atoms with Crippen molar-refractivity contribution in [3.8, 4) is 5.75 Å². The van der Waals surface area contributed by atoms with Crippen LogP contribution in [0.2, 0.25) is 0 Å². The first kappa shape index (κ1) is 22.1. The smallest absolute Gasteiger partial charge is 0.387 e. The molecule has 1 amide bonds. The Bertz CT molecular complexity index is 879. The number of nitrogens with one attached hydrogen (secondary N) is 1. The molecule has 0 heterocycles. The highest BCUT2D eigenvalue weighted by Gasteiger charge is 2.11. The van der Waals surface area contributed by atoms with Crippen molar-refractivity contribution < 1.29 is 27.8 Å². The summed E-state index contributed by atoms with van der Waals surface area (Å²) in [6.07, 6.45) is 2.60. The third-order valence-electron chi connectivity index (χ3n) is 4.27. The highest BCUT2D eigenvalue weighted by atomic mass is 19.3. The molecule has 0 aliphatic rings. The van der Waals surface area contributed by atoms with Gasteiger partial charge in [-0.25, -0.2) is 4.79 Å². The molecule has 0 spiro atoms. The molecular weight excluding hydrogens is 380 g/mol. The van der Waals surface area contributed by atoms with E-state index in [1.165, 1.54) is 35.9 Å². The molecule has 0 radical (unpaired) electrons. The summed E-state index contributed by atoms with van der Waals surface area (Å²) in [4.78, 5) is 23.8. The van der Waals surface area contributed by atoms with E-state index in [1.807, 2.05) is 39.0 Å². The molecule has 1 N–H and O–H groups in total. The van der Waals surface area contributed by atoms with Crippen molar-refractivity contribution in [1.29, 1.82) is 0 Å². The highest BCUT2D eigenvalue weighted by Crippen LogP contribution is 2.17. The summed E-state index contributed by atoms with van der Waals surface area (Å²) >= 11 is 0. The molecule has 2 aromatic carbocycles. The SMILES string of the molecule is Cc1ccc([C@H](C)NC(=O)COC(=O)/C=C/c2ccc(OC(F)F)cc2)cc1C. The van der Waals surface area contributed by atoms with E-state index in [0.29, 0.717) is 5.56 Å². The number of carbonyl (C=O) groups is 2. The summed E-state index contributed by atoms with van der Waals surface area (Å²) in [6.45, 7) is 2.57. The van der Waals surface area contributed by atoms with E-state index in [-0.39, 0.29) is 11.8 Å². The van der Waals surface area contributed by atoms with E-state index in [1.54, 1.807) is 0 Å². The van der Waals surface area contributed by atoms with Crippen LogP contribution < -0.4 is 10.1 Å². The van der Waals surface area contributed by atoms with Crippen molar-refractivity contribution in [2.24, 2.45) is 0 Å². The Kier molecular flexibility index (Phi) is 7.88. The molecule has 7 heteroatoms. The standard InChI is InChI=1S/C22H23F2NO4/c1-14-4-8-18(12-15(14)2)16(3)25-20(26)13-28-21(27)11-7-17-5-9-19(10-6-17)29-22(23)24/h4-12,16,22H,13H2,1-3H3,(H,25,26)/b11-7+/t16-/m0/s1. The third-order valence-corrected chi connectivity index (χ3v) is 4.27. The van der Waals surface area contributed by atoms with Gasteiger partial charge in [-0.05, 0) is 61.2 Å². The Morgan fingerprint density at radius 1 is 1.07 bits per heavy atom. The molecule has 29 heavy (non-hydrogen) atoms. The highest BCUT2D eigenvalue weighted by molar-refractivity contribution is 5.89. The van der Waals surface area contributed by atoms with Crippen molar-refractivity contribution in [1.82, 2.24) is 5.32 Å². The second-order valence-electron chi connectivity index (χ2n) is 6.52. The van der Waals surface area contributed by atoms with Crippen LogP contribution in [0.5, 0.6) is 5.75 Å². The number of alkyl halides is 2. The quantitative estimate of drug-likeness (QED) is 0.526.